The van der Waals surface area contributed by atoms with Gasteiger partial charge >= 0.3 is 4.87 Å². The van der Waals surface area contributed by atoms with Crippen molar-refractivity contribution in [1.82, 2.24) is 4.57 Å². The van der Waals surface area contributed by atoms with Crippen LogP contribution in [0.5, 0.6) is 11.5 Å². The van der Waals surface area contributed by atoms with Crippen LogP contribution in [0.4, 0.5) is 0 Å². The highest BCUT2D eigenvalue weighted by Gasteiger charge is 2.08. The van der Waals surface area contributed by atoms with Gasteiger partial charge in [-0.1, -0.05) is 53.8 Å². The fourth-order valence-electron chi connectivity index (χ4n) is 2.68. The van der Waals surface area contributed by atoms with Crippen molar-refractivity contribution < 1.29 is 4.74 Å². The molecule has 0 atom stereocenters. The van der Waals surface area contributed by atoms with Crippen LogP contribution in [0.25, 0.3) is 10.2 Å². The molecule has 4 aromatic rings. The number of nitrogens with zero attached hydrogens (tertiary/aromatic N) is 1. The molecule has 118 valence electrons. The summed E-state index contributed by atoms with van der Waals surface area (Å²) in [4.78, 5) is 12.3. The van der Waals surface area contributed by atoms with Crippen molar-refractivity contribution in [2.24, 2.45) is 0 Å². The van der Waals surface area contributed by atoms with Crippen LogP contribution in [-0.4, -0.2) is 4.57 Å². The molecule has 3 nitrogen and oxygen atoms in total. The molecular weight excluding hydrogens is 318 g/mol. The summed E-state index contributed by atoms with van der Waals surface area (Å²) in [6.45, 7) is 0.537. The van der Waals surface area contributed by atoms with E-state index in [4.69, 9.17) is 4.74 Å². The Kier molecular flexibility index (Phi) is 3.89. The lowest BCUT2D eigenvalue weighted by Crippen LogP contribution is -2.13. The first-order valence-corrected chi connectivity index (χ1v) is 8.51. The third-order valence-electron chi connectivity index (χ3n) is 3.79. The third kappa shape index (κ3) is 2.96. The number of hydrogen-bond donors (Lipinski definition) is 0. The Morgan fingerprint density at radius 2 is 1.58 bits per heavy atom. The third-order valence-corrected chi connectivity index (χ3v) is 4.75. The van der Waals surface area contributed by atoms with E-state index in [2.05, 4.69) is 0 Å². The van der Waals surface area contributed by atoms with Gasteiger partial charge in [0.1, 0.15) is 11.5 Å². The summed E-state index contributed by atoms with van der Waals surface area (Å²) in [5, 5.41) is 0. The van der Waals surface area contributed by atoms with Crippen molar-refractivity contribution in [3.05, 3.63) is 94.1 Å². The van der Waals surface area contributed by atoms with E-state index in [1.807, 2.05) is 83.4 Å². The maximum atomic E-state index is 12.3. The topological polar surface area (TPSA) is 31.2 Å². The predicted octanol–water partition coefficient (Wildman–Crippen LogP) is 4.90. The Balaban J connectivity index is 1.64. The summed E-state index contributed by atoms with van der Waals surface area (Å²) in [5.74, 6) is 1.57. The Morgan fingerprint density at radius 1 is 0.833 bits per heavy atom. The summed E-state index contributed by atoms with van der Waals surface area (Å²) in [5.41, 5.74) is 2.01. The maximum Gasteiger partial charge on any atom is 0.308 e. The zero-order valence-electron chi connectivity index (χ0n) is 12.9. The summed E-state index contributed by atoms with van der Waals surface area (Å²) in [6.07, 6.45) is 0. The molecule has 0 saturated carbocycles. The Bertz CT molecular complexity index is 1030. The van der Waals surface area contributed by atoms with Gasteiger partial charge in [0.2, 0.25) is 0 Å². The lowest BCUT2D eigenvalue weighted by molar-refractivity contribution is 0.482. The second-order valence-electron chi connectivity index (χ2n) is 5.48. The van der Waals surface area contributed by atoms with E-state index < -0.39 is 0 Å². The van der Waals surface area contributed by atoms with E-state index in [9.17, 15) is 4.79 Å². The van der Waals surface area contributed by atoms with Crippen molar-refractivity contribution in [2.75, 3.05) is 0 Å². The Hall–Kier alpha value is -2.85. The number of ether oxygens (including phenoxy) is 1. The highest BCUT2D eigenvalue weighted by atomic mass is 32.1. The fourth-order valence-corrected chi connectivity index (χ4v) is 3.57. The normalized spacial score (nSPS) is 10.8. The minimum absolute atomic E-state index is 0.0607. The average Bonchev–Trinajstić information content (AvgIpc) is 2.92. The van der Waals surface area contributed by atoms with Crippen molar-refractivity contribution in [1.29, 1.82) is 0 Å². The first kappa shape index (κ1) is 14.7. The molecule has 24 heavy (non-hydrogen) atoms. The van der Waals surface area contributed by atoms with Gasteiger partial charge in [0.15, 0.2) is 0 Å². The highest BCUT2D eigenvalue weighted by Crippen LogP contribution is 2.23. The van der Waals surface area contributed by atoms with Gasteiger partial charge in [-0.25, -0.2) is 0 Å². The maximum absolute atomic E-state index is 12.3. The molecule has 3 aromatic carbocycles. The molecule has 0 aliphatic carbocycles. The molecule has 1 aromatic heterocycles. The number of benzene rings is 3. The minimum atomic E-state index is 0.0607. The SMILES string of the molecule is O=c1sc2ccccc2n1Cc1cccc(Oc2ccccc2)c1. The van der Waals surface area contributed by atoms with Crippen molar-refractivity contribution in [3.8, 4) is 11.5 Å². The zero-order valence-corrected chi connectivity index (χ0v) is 13.7. The molecule has 1 heterocycles. The van der Waals surface area contributed by atoms with Gasteiger partial charge in [-0.15, -0.1) is 0 Å². The van der Waals surface area contributed by atoms with E-state index in [1.54, 1.807) is 0 Å². The molecule has 0 aliphatic rings. The van der Waals surface area contributed by atoms with E-state index in [0.29, 0.717) is 6.54 Å². The van der Waals surface area contributed by atoms with Gasteiger partial charge in [0.25, 0.3) is 0 Å². The number of hydrogen-bond acceptors (Lipinski definition) is 3. The predicted molar refractivity (Wildman–Crippen MR) is 98.1 cm³/mol. The molecule has 4 rings (SSSR count). The smallest absolute Gasteiger partial charge is 0.308 e. The van der Waals surface area contributed by atoms with E-state index in [0.717, 1.165) is 27.3 Å². The van der Waals surface area contributed by atoms with Crippen LogP contribution in [0.3, 0.4) is 0 Å². The van der Waals surface area contributed by atoms with Gasteiger partial charge in [-0.3, -0.25) is 9.36 Å². The van der Waals surface area contributed by atoms with Crippen molar-refractivity contribution in [3.63, 3.8) is 0 Å². The van der Waals surface area contributed by atoms with Gasteiger partial charge in [0.05, 0.1) is 16.8 Å². The molecule has 0 spiro atoms. The van der Waals surface area contributed by atoms with Crippen molar-refractivity contribution >= 4 is 21.6 Å². The summed E-state index contributed by atoms with van der Waals surface area (Å²) in [7, 11) is 0. The standard InChI is InChI=1S/C20H15NO2S/c22-20-21(18-11-4-5-12-19(18)24-20)14-15-7-6-10-17(13-15)23-16-8-2-1-3-9-16/h1-13H,14H2. The fraction of sp³-hybridized carbons (Fsp3) is 0.0500. The zero-order chi connectivity index (χ0) is 16.4. The van der Waals surface area contributed by atoms with Crippen LogP contribution >= 0.6 is 11.3 Å². The second kappa shape index (κ2) is 6.34. The molecule has 0 radical (unpaired) electrons. The van der Waals surface area contributed by atoms with Crippen molar-refractivity contribution in [2.45, 2.75) is 6.54 Å². The molecule has 0 saturated heterocycles. The van der Waals surface area contributed by atoms with Crippen LogP contribution in [0.1, 0.15) is 5.56 Å². The van der Waals surface area contributed by atoms with Gasteiger partial charge in [0, 0.05) is 0 Å². The van der Waals surface area contributed by atoms with E-state index >= 15 is 0 Å². The number of thiazole rings is 1. The number of aromatic nitrogens is 1. The van der Waals surface area contributed by atoms with Crippen LogP contribution in [0.15, 0.2) is 83.7 Å². The number of fused-ring (bicyclic) bond motifs is 1. The highest BCUT2D eigenvalue weighted by molar-refractivity contribution is 7.16. The Labute approximate surface area is 143 Å². The lowest BCUT2D eigenvalue weighted by Gasteiger charge is -2.08. The number of rotatable bonds is 4. The van der Waals surface area contributed by atoms with E-state index in [-0.39, 0.29) is 4.87 Å². The molecular formula is C20H15NO2S. The number of para-hydroxylation sites is 2. The molecule has 0 bridgehead atoms. The first-order valence-electron chi connectivity index (χ1n) is 7.70. The van der Waals surface area contributed by atoms with Gasteiger partial charge in [-0.05, 0) is 42.0 Å². The summed E-state index contributed by atoms with van der Waals surface area (Å²) in [6, 6.07) is 25.4. The van der Waals surface area contributed by atoms with Crippen LogP contribution in [0, 0.1) is 0 Å². The molecule has 4 heteroatoms. The molecule has 0 unspecified atom stereocenters. The molecule has 0 fully saturated rings. The van der Waals surface area contributed by atoms with Gasteiger partial charge < -0.3 is 4.74 Å². The van der Waals surface area contributed by atoms with Crippen LogP contribution < -0.4 is 9.61 Å². The quantitative estimate of drug-likeness (QED) is 0.532. The molecule has 0 amide bonds. The van der Waals surface area contributed by atoms with E-state index in [1.165, 1.54) is 11.3 Å². The average molecular weight is 333 g/mol. The van der Waals surface area contributed by atoms with Crippen LogP contribution in [-0.2, 0) is 6.54 Å². The van der Waals surface area contributed by atoms with Crippen LogP contribution in [0.2, 0.25) is 0 Å². The molecule has 0 aliphatic heterocycles. The molecule has 0 N–H and O–H groups in total. The second-order valence-corrected chi connectivity index (χ2v) is 6.48. The monoisotopic (exact) mass is 333 g/mol. The summed E-state index contributed by atoms with van der Waals surface area (Å²) < 4.78 is 8.69. The minimum Gasteiger partial charge on any atom is -0.457 e. The lowest BCUT2D eigenvalue weighted by atomic mass is 10.2. The van der Waals surface area contributed by atoms with Gasteiger partial charge in [-0.2, -0.15) is 0 Å². The first-order chi connectivity index (χ1) is 11.8. The summed E-state index contributed by atoms with van der Waals surface area (Å²) >= 11 is 1.28. The largest absolute Gasteiger partial charge is 0.457 e. The Morgan fingerprint density at radius 3 is 2.46 bits per heavy atom.